The summed E-state index contributed by atoms with van der Waals surface area (Å²) in [7, 11) is 0. The molecular formula is C51H64IrNO3-. The van der Waals surface area contributed by atoms with E-state index in [0.717, 1.165) is 72.1 Å². The van der Waals surface area contributed by atoms with E-state index in [-0.39, 0.29) is 53.8 Å². The molecule has 1 aromatic heterocycles. The van der Waals surface area contributed by atoms with E-state index in [2.05, 4.69) is 116 Å². The summed E-state index contributed by atoms with van der Waals surface area (Å²) in [6.07, 6.45) is 8.64. The number of carbonyl (C=O) groups is 1. The second kappa shape index (κ2) is 17.8. The molecular weight excluding hydrogens is 867 g/mol. The SMILES string of the molecule is CCC(CC)C(=O)/C=C(\O)C(C)(CC)CC.Cc1cccc(C)c1-c1ccc2[c-]c3c(c(CC(C)(C)C)c2c1)Oc1cc(CC(C)(C)C)cc2ccnc-3c12.[Ir]. The van der Waals surface area contributed by atoms with Crippen molar-refractivity contribution in [2.45, 2.75) is 129 Å². The Morgan fingerprint density at radius 2 is 1.48 bits per heavy atom. The summed E-state index contributed by atoms with van der Waals surface area (Å²) >= 11 is 0. The van der Waals surface area contributed by atoms with E-state index in [0.29, 0.717) is 0 Å². The molecule has 0 bridgehead atoms. The third-order valence-corrected chi connectivity index (χ3v) is 11.5. The number of benzene rings is 4. The van der Waals surface area contributed by atoms with Gasteiger partial charge in [-0.2, -0.15) is 0 Å². The zero-order valence-electron chi connectivity index (χ0n) is 36.2. The topological polar surface area (TPSA) is 59.4 Å². The van der Waals surface area contributed by atoms with Crippen LogP contribution < -0.4 is 4.74 Å². The van der Waals surface area contributed by atoms with Gasteiger partial charge < -0.3 is 9.84 Å². The van der Waals surface area contributed by atoms with Crippen LogP contribution in [-0.2, 0) is 37.7 Å². The molecule has 1 aliphatic heterocycles. The van der Waals surface area contributed by atoms with Gasteiger partial charge in [0.2, 0.25) is 0 Å². The van der Waals surface area contributed by atoms with Gasteiger partial charge >= 0.3 is 0 Å². The minimum atomic E-state index is -0.248. The fourth-order valence-electron chi connectivity index (χ4n) is 7.94. The van der Waals surface area contributed by atoms with Gasteiger partial charge in [-0.3, -0.25) is 9.78 Å². The summed E-state index contributed by atoms with van der Waals surface area (Å²) in [5.41, 5.74) is 9.64. The molecule has 2 heterocycles. The number of fused-ring (bicyclic) bond motifs is 3. The van der Waals surface area contributed by atoms with Crippen molar-refractivity contribution < 1.29 is 34.7 Å². The van der Waals surface area contributed by atoms with E-state index in [1.165, 1.54) is 50.2 Å². The third kappa shape index (κ3) is 9.83. The zero-order valence-corrected chi connectivity index (χ0v) is 38.6. The molecule has 0 atom stereocenters. The average Bonchev–Trinajstić information content (AvgIpc) is 3.11. The van der Waals surface area contributed by atoms with Gasteiger partial charge in [0.05, 0.1) is 5.75 Å². The fourth-order valence-corrected chi connectivity index (χ4v) is 7.94. The summed E-state index contributed by atoms with van der Waals surface area (Å²) in [5.74, 6) is 2.19. The zero-order chi connectivity index (χ0) is 40.5. The van der Waals surface area contributed by atoms with Gasteiger partial charge in [0.25, 0.3) is 0 Å². The van der Waals surface area contributed by atoms with Gasteiger partial charge in [-0.15, -0.1) is 17.5 Å². The molecule has 1 radical (unpaired) electrons. The second-order valence-electron chi connectivity index (χ2n) is 18.5. The number of rotatable bonds is 10. The number of aryl methyl sites for hydroxylation is 2. The Labute approximate surface area is 350 Å². The first-order valence-electron chi connectivity index (χ1n) is 20.5. The van der Waals surface area contributed by atoms with Crippen molar-refractivity contribution in [1.82, 2.24) is 4.98 Å². The van der Waals surface area contributed by atoms with Gasteiger partial charge in [-0.25, -0.2) is 0 Å². The third-order valence-electron chi connectivity index (χ3n) is 11.5. The van der Waals surface area contributed by atoms with Crippen LogP contribution in [0.25, 0.3) is 43.9 Å². The Morgan fingerprint density at radius 1 is 0.857 bits per heavy atom. The molecule has 4 aromatic carbocycles. The van der Waals surface area contributed by atoms with Gasteiger partial charge in [0.1, 0.15) is 11.5 Å². The predicted molar refractivity (Wildman–Crippen MR) is 233 cm³/mol. The summed E-state index contributed by atoms with van der Waals surface area (Å²) in [6, 6.07) is 23.7. The van der Waals surface area contributed by atoms with Crippen LogP contribution in [0.5, 0.6) is 11.5 Å². The van der Waals surface area contributed by atoms with Crippen LogP contribution in [-0.4, -0.2) is 15.9 Å². The van der Waals surface area contributed by atoms with E-state index in [1.54, 1.807) is 0 Å². The molecule has 0 amide bonds. The summed E-state index contributed by atoms with van der Waals surface area (Å²) < 4.78 is 6.91. The molecule has 0 saturated heterocycles. The molecule has 5 heteroatoms. The normalized spacial score (nSPS) is 12.9. The monoisotopic (exact) mass is 931 g/mol. The Morgan fingerprint density at radius 3 is 2.05 bits per heavy atom. The van der Waals surface area contributed by atoms with Crippen LogP contribution in [0, 0.1) is 42.1 Å². The van der Waals surface area contributed by atoms with Crippen LogP contribution in [0.1, 0.15) is 124 Å². The summed E-state index contributed by atoms with van der Waals surface area (Å²) in [4.78, 5) is 16.8. The Balaban J connectivity index is 0.000000350. The number of pyridine rings is 1. The van der Waals surface area contributed by atoms with E-state index < -0.39 is 0 Å². The fraction of sp³-hybridized carbons (Fsp3) is 0.451. The Hall–Kier alpha value is -3.79. The van der Waals surface area contributed by atoms with Gasteiger partial charge in [-0.1, -0.05) is 129 Å². The van der Waals surface area contributed by atoms with Crippen molar-refractivity contribution in [3.05, 3.63) is 101 Å². The van der Waals surface area contributed by atoms with E-state index in [4.69, 9.17) is 9.72 Å². The second-order valence-corrected chi connectivity index (χ2v) is 18.5. The molecule has 6 rings (SSSR count). The summed E-state index contributed by atoms with van der Waals surface area (Å²) in [5, 5.41) is 14.6. The number of carbonyl (C=O) groups excluding carboxylic acids is 1. The van der Waals surface area contributed by atoms with Crippen molar-refractivity contribution >= 4 is 27.3 Å². The first-order chi connectivity index (χ1) is 25.8. The van der Waals surface area contributed by atoms with Crippen molar-refractivity contribution in [3.63, 3.8) is 0 Å². The number of aliphatic hydroxyl groups is 1. The van der Waals surface area contributed by atoms with E-state index >= 15 is 0 Å². The maximum Gasteiger partial charge on any atom is 0.162 e. The molecule has 0 fully saturated rings. The van der Waals surface area contributed by atoms with Crippen LogP contribution in [0.2, 0.25) is 0 Å². The predicted octanol–water partition coefficient (Wildman–Crippen LogP) is 14.7. The van der Waals surface area contributed by atoms with Crippen LogP contribution >= 0.6 is 0 Å². The molecule has 301 valence electrons. The molecule has 0 saturated carbocycles. The Bertz CT molecular complexity index is 2210. The average molecular weight is 931 g/mol. The van der Waals surface area contributed by atoms with Gasteiger partial charge in [-0.05, 0) is 109 Å². The van der Waals surface area contributed by atoms with Crippen molar-refractivity contribution in [3.8, 4) is 33.9 Å². The number of ether oxygens (including phenoxy) is 1. The number of aromatic nitrogens is 1. The standard InChI is InChI=1S/C37H38NO.C14H26O2.Ir/c1-22-10-9-11-23(2)32(22)26-13-12-25-18-29-34-33-27(14-15-38-34)16-24(20-36(3,4)5)17-31(33)39-35(29)30(28(25)19-26)21-37(6,7)8;1-6-11(7-2)12(15)10-13(16)14(5,8-3)9-4;/h9-17,19H,20-21H2,1-8H3;10-11,16H,6-9H2,1-5H3;/q-1;;/b;13-10-;. The van der Waals surface area contributed by atoms with Crippen molar-refractivity contribution in [1.29, 1.82) is 0 Å². The van der Waals surface area contributed by atoms with Gasteiger partial charge in [0.15, 0.2) is 5.78 Å². The number of hydrogen-bond acceptors (Lipinski definition) is 4. The van der Waals surface area contributed by atoms with Crippen LogP contribution in [0.15, 0.2) is 72.6 Å². The number of nitrogens with zero attached hydrogens (tertiary/aromatic N) is 1. The minimum Gasteiger partial charge on any atom is -0.512 e. The molecule has 0 spiro atoms. The molecule has 4 nitrogen and oxygen atoms in total. The maximum atomic E-state index is 11.9. The quantitative estimate of drug-likeness (QED) is 0.0845. The number of hydrogen-bond donors (Lipinski definition) is 1. The number of ketones is 1. The Kier molecular flexibility index (Phi) is 14.3. The maximum absolute atomic E-state index is 11.9. The van der Waals surface area contributed by atoms with E-state index in [1.807, 2.05) is 40.8 Å². The molecule has 5 aromatic rings. The first kappa shape index (κ1) is 44.9. The first-order valence-corrected chi connectivity index (χ1v) is 20.5. The number of allylic oxidation sites excluding steroid dienone is 2. The number of aliphatic hydroxyl groups excluding tert-OH is 1. The van der Waals surface area contributed by atoms with Crippen molar-refractivity contribution in [2.75, 3.05) is 0 Å². The largest absolute Gasteiger partial charge is 0.512 e. The molecule has 0 unspecified atom stereocenters. The van der Waals surface area contributed by atoms with Crippen molar-refractivity contribution in [2.24, 2.45) is 22.2 Å². The summed E-state index contributed by atoms with van der Waals surface area (Å²) in [6.45, 7) is 28.2. The molecule has 56 heavy (non-hydrogen) atoms. The molecule has 1 N–H and O–H groups in total. The van der Waals surface area contributed by atoms with Crippen LogP contribution in [0.3, 0.4) is 0 Å². The molecule has 0 aliphatic carbocycles. The van der Waals surface area contributed by atoms with Crippen LogP contribution in [0.4, 0.5) is 0 Å². The van der Waals surface area contributed by atoms with E-state index in [9.17, 15) is 9.90 Å². The minimum absolute atomic E-state index is 0. The molecule has 1 aliphatic rings. The van der Waals surface area contributed by atoms with Gasteiger partial charge in [0, 0.05) is 54.8 Å². The smallest absolute Gasteiger partial charge is 0.162 e.